The molecule has 2 heterocycles. The van der Waals surface area contributed by atoms with Gasteiger partial charge in [0.1, 0.15) is 17.5 Å². The number of carbonyl (C=O) groups excluding carboxylic acids is 1. The van der Waals surface area contributed by atoms with Gasteiger partial charge in [-0.1, -0.05) is 28.1 Å². The Hall–Kier alpha value is -2.84. The number of nitrogens with zero attached hydrogens (tertiary/aromatic N) is 2. The molecule has 2 amide bonds. The van der Waals surface area contributed by atoms with Crippen molar-refractivity contribution in [3.05, 3.63) is 93.7 Å². The zero-order valence-corrected chi connectivity index (χ0v) is 19.9. The number of urea groups is 1. The Labute approximate surface area is 204 Å². The normalized spacial score (nSPS) is 17.1. The van der Waals surface area contributed by atoms with Crippen LogP contribution in [0.15, 0.2) is 65.1 Å². The molecule has 3 aromatic carbocycles. The van der Waals surface area contributed by atoms with E-state index >= 15 is 0 Å². The summed E-state index contributed by atoms with van der Waals surface area (Å²) in [5, 5.41) is 2.54. The number of amides is 2. The Balaban J connectivity index is 1.35. The first-order valence-corrected chi connectivity index (χ1v) is 11.9. The van der Waals surface area contributed by atoms with E-state index in [1.165, 1.54) is 23.8 Å². The van der Waals surface area contributed by atoms with Crippen molar-refractivity contribution in [1.29, 1.82) is 0 Å². The van der Waals surface area contributed by atoms with Gasteiger partial charge in [0.15, 0.2) is 0 Å². The van der Waals surface area contributed by atoms with Gasteiger partial charge in [-0.05, 0) is 79.5 Å². The molecule has 1 N–H and O–H groups in total. The predicted octanol–water partition coefficient (Wildman–Crippen LogP) is 6.45. The van der Waals surface area contributed by atoms with Gasteiger partial charge in [0.25, 0.3) is 0 Å². The van der Waals surface area contributed by atoms with Crippen LogP contribution in [0.3, 0.4) is 0 Å². The van der Waals surface area contributed by atoms with Gasteiger partial charge in [0.2, 0.25) is 0 Å². The fraction of sp³-hybridized carbons (Fsp3) is 0.269. The van der Waals surface area contributed by atoms with Gasteiger partial charge in [-0.2, -0.15) is 0 Å². The Bertz CT molecular complexity index is 1240. The third-order valence-electron chi connectivity index (χ3n) is 6.81. The number of fused-ring (bicyclic) bond motifs is 2. The number of hydrogen-bond acceptors (Lipinski definition) is 2. The lowest BCUT2D eigenvalue weighted by atomic mass is 9.74. The molecule has 0 aliphatic carbocycles. The van der Waals surface area contributed by atoms with Crippen LogP contribution in [0.25, 0.3) is 0 Å². The molecule has 1 saturated heterocycles. The van der Waals surface area contributed by atoms with Gasteiger partial charge < -0.3 is 5.32 Å². The van der Waals surface area contributed by atoms with E-state index in [1.54, 1.807) is 11.0 Å². The first-order chi connectivity index (χ1) is 16.3. The van der Waals surface area contributed by atoms with E-state index in [4.69, 9.17) is 0 Å². The van der Waals surface area contributed by atoms with Gasteiger partial charge in [-0.15, -0.1) is 0 Å². The number of likely N-dealkylation sites (tertiary alicyclic amines) is 1. The molecule has 0 saturated carbocycles. The molecule has 5 rings (SSSR count). The van der Waals surface area contributed by atoms with Gasteiger partial charge >= 0.3 is 6.03 Å². The minimum Gasteiger partial charge on any atom is -0.305 e. The van der Waals surface area contributed by atoms with Crippen molar-refractivity contribution >= 4 is 33.3 Å². The van der Waals surface area contributed by atoms with Crippen LogP contribution in [0.1, 0.15) is 24.0 Å². The minimum absolute atomic E-state index is 0.0974. The number of hydrogen-bond donors (Lipinski definition) is 1. The van der Waals surface area contributed by atoms with Crippen LogP contribution in [0, 0.1) is 17.5 Å². The number of benzene rings is 3. The largest absolute Gasteiger partial charge is 0.326 e. The van der Waals surface area contributed by atoms with Gasteiger partial charge in [-0.3, -0.25) is 9.80 Å². The standard InChI is InChI=1S/C26H23BrF3N3O/c27-18-3-1-2-17(12-18)15-32-10-8-26(9-11-32)16-33(24-7-5-19(28)13-21(24)26)25(34)31-23-6-4-20(29)14-22(23)30/h1-7,12-14H,8-11,15-16H2,(H,31,34). The summed E-state index contributed by atoms with van der Waals surface area (Å²) in [5.41, 5.74) is 2.18. The zero-order chi connectivity index (χ0) is 23.9. The van der Waals surface area contributed by atoms with Crippen molar-refractivity contribution in [2.75, 3.05) is 29.9 Å². The molecule has 0 atom stereocenters. The lowest BCUT2D eigenvalue weighted by molar-refractivity contribution is 0.160. The summed E-state index contributed by atoms with van der Waals surface area (Å²) < 4.78 is 42.6. The number of carbonyl (C=O) groups is 1. The Morgan fingerprint density at radius 2 is 1.71 bits per heavy atom. The number of piperidine rings is 1. The van der Waals surface area contributed by atoms with Crippen LogP contribution in [0.4, 0.5) is 29.3 Å². The van der Waals surface area contributed by atoms with E-state index in [0.717, 1.165) is 54.6 Å². The van der Waals surface area contributed by atoms with Crippen LogP contribution in [0.2, 0.25) is 0 Å². The summed E-state index contributed by atoms with van der Waals surface area (Å²) in [6.07, 6.45) is 1.54. The van der Waals surface area contributed by atoms with Crippen molar-refractivity contribution in [2.24, 2.45) is 0 Å². The maximum Gasteiger partial charge on any atom is 0.326 e. The van der Waals surface area contributed by atoms with E-state index in [9.17, 15) is 18.0 Å². The number of rotatable bonds is 3. The molecule has 3 aromatic rings. The zero-order valence-electron chi connectivity index (χ0n) is 18.3. The summed E-state index contributed by atoms with van der Waals surface area (Å²) in [6, 6.07) is 15.2. The van der Waals surface area contributed by atoms with Crippen molar-refractivity contribution in [1.82, 2.24) is 4.90 Å². The van der Waals surface area contributed by atoms with Crippen molar-refractivity contribution < 1.29 is 18.0 Å². The molecule has 1 fully saturated rings. The summed E-state index contributed by atoms with van der Waals surface area (Å²) in [6.45, 7) is 2.82. The van der Waals surface area contributed by atoms with E-state index in [0.29, 0.717) is 12.2 Å². The summed E-state index contributed by atoms with van der Waals surface area (Å²) in [5.74, 6) is -1.91. The lowest BCUT2D eigenvalue weighted by Crippen LogP contribution is -2.46. The molecule has 0 unspecified atom stereocenters. The van der Waals surface area contributed by atoms with Crippen molar-refractivity contribution in [3.63, 3.8) is 0 Å². The van der Waals surface area contributed by atoms with Crippen molar-refractivity contribution in [3.8, 4) is 0 Å². The average Bonchev–Trinajstić information content (AvgIpc) is 3.11. The van der Waals surface area contributed by atoms with Gasteiger partial charge in [-0.25, -0.2) is 18.0 Å². The monoisotopic (exact) mass is 529 g/mol. The molecule has 0 bridgehead atoms. The van der Waals surface area contributed by atoms with E-state index in [2.05, 4.69) is 38.3 Å². The second kappa shape index (κ2) is 9.07. The number of nitrogens with one attached hydrogen (secondary N) is 1. The van der Waals surface area contributed by atoms with E-state index < -0.39 is 17.7 Å². The summed E-state index contributed by atoms with van der Waals surface area (Å²) >= 11 is 3.51. The molecule has 2 aliphatic rings. The topological polar surface area (TPSA) is 35.6 Å². The van der Waals surface area contributed by atoms with Crippen molar-refractivity contribution in [2.45, 2.75) is 24.8 Å². The van der Waals surface area contributed by atoms with Gasteiger partial charge in [0.05, 0.1) is 5.69 Å². The smallest absolute Gasteiger partial charge is 0.305 e. The Kier molecular flexibility index (Phi) is 6.12. The van der Waals surface area contributed by atoms with Crippen LogP contribution >= 0.6 is 15.9 Å². The third kappa shape index (κ3) is 4.44. The van der Waals surface area contributed by atoms with Gasteiger partial charge in [0, 0.05) is 34.7 Å². The fourth-order valence-corrected chi connectivity index (χ4v) is 5.50. The summed E-state index contributed by atoms with van der Waals surface area (Å²) in [4.78, 5) is 17.0. The Morgan fingerprint density at radius 3 is 2.44 bits per heavy atom. The molecule has 1 spiro atoms. The van der Waals surface area contributed by atoms with E-state index in [1.807, 2.05) is 12.1 Å². The highest BCUT2D eigenvalue weighted by molar-refractivity contribution is 9.10. The number of anilines is 2. The fourth-order valence-electron chi connectivity index (χ4n) is 5.06. The number of halogens is 4. The second-order valence-electron chi connectivity index (χ2n) is 8.99. The third-order valence-corrected chi connectivity index (χ3v) is 7.30. The first-order valence-electron chi connectivity index (χ1n) is 11.1. The molecular formula is C26H23BrF3N3O. The van der Waals surface area contributed by atoms with Crippen LogP contribution in [0.5, 0.6) is 0 Å². The average molecular weight is 530 g/mol. The highest BCUT2D eigenvalue weighted by Gasteiger charge is 2.46. The molecular weight excluding hydrogens is 507 g/mol. The van der Waals surface area contributed by atoms with Crippen LogP contribution in [-0.4, -0.2) is 30.6 Å². The van der Waals surface area contributed by atoms with Crippen LogP contribution in [-0.2, 0) is 12.0 Å². The first kappa shape index (κ1) is 22.9. The summed E-state index contributed by atoms with van der Waals surface area (Å²) in [7, 11) is 0. The molecule has 2 aliphatic heterocycles. The highest BCUT2D eigenvalue weighted by Crippen LogP contribution is 2.47. The minimum atomic E-state index is -0.845. The molecule has 0 radical (unpaired) electrons. The molecule has 0 aromatic heterocycles. The lowest BCUT2D eigenvalue weighted by Gasteiger charge is -2.40. The molecule has 4 nitrogen and oxygen atoms in total. The highest BCUT2D eigenvalue weighted by atomic mass is 79.9. The predicted molar refractivity (Wildman–Crippen MR) is 129 cm³/mol. The quantitative estimate of drug-likeness (QED) is 0.423. The molecule has 176 valence electrons. The Morgan fingerprint density at radius 1 is 0.971 bits per heavy atom. The molecule has 34 heavy (non-hydrogen) atoms. The second-order valence-corrected chi connectivity index (χ2v) is 9.90. The maximum atomic E-state index is 14.2. The SMILES string of the molecule is O=C(Nc1ccc(F)cc1F)N1CC2(CCN(Cc3cccc(Br)c3)CC2)c2cc(F)ccc21. The van der Waals surface area contributed by atoms with E-state index in [-0.39, 0.29) is 16.9 Å². The van der Waals surface area contributed by atoms with Crippen LogP contribution < -0.4 is 10.2 Å². The maximum absolute atomic E-state index is 14.2. The molecule has 8 heteroatoms.